The predicted molar refractivity (Wildman–Crippen MR) is 76.8 cm³/mol. The molecule has 0 aliphatic heterocycles. The predicted octanol–water partition coefficient (Wildman–Crippen LogP) is 1.89. The van der Waals surface area contributed by atoms with Crippen LogP contribution in [0.15, 0.2) is 23.2 Å². The van der Waals surface area contributed by atoms with E-state index >= 15 is 0 Å². The van der Waals surface area contributed by atoms with Crippen LogP contribution >= 0.6 is 11.8 Å². The summed E-state index contributed by atoms with van der Waals surface area (Å²) in [5.41, 5.74) is 1.02. The van der Waals surface area contributed by atoms with Gasteiger partial charge >= 0.3 is 0 Å². The van der Waals surface area contributed by atoms with E-state index in [9.17, 15) is 8.42 Å². The van der Waals surface area contributed by atoms with Crippen molar-refractivity contribution in [2.45, 2.75) is 24.3 Å². The molecule has 6 heteroatoms. The molecule has 0 aromatic carbocycles. The maximum Gasteiger partial charge on any atom is 0.148 e. The lowest BCUT2D eigenvalue weighted by Gasteiger charge is -2.13. The van der Waals surface area contributed by atoms with Gasteiger partial charge in [-0.3, -0.25) is 4.98 Å². The summed E-state index contributed by atoms with van der Waals surface area (Å²) in [6, 6.07) is 4.27. The van der Waals surface area contributed by atoms with Gasteiger partial charge in [0.05, 0.1) is 11.4 Å². The zero-order valence-electron chi connectivity index (χ0n) is 11.0. The van der Waals surface area contributed by atoms with Crippen molar-refractivity contribution in [2.75, 3.05) is 24.8 Å². The van der Waals surface area contributed by atoms with Gasteiger partial charge < -0.3 is 5.32 Å². The first kappa shape index (κ1) is 15.5. The van der Waals surface area contributed by atoms with Crippen LogP contribution in [-0.4, -0.2) is 38.2 Å². The highest BCUT2D eigenvalue weighted by atomic mass is 32.2. The highest BCUT2D eigenvalue weighted by Crippen LogP contribution is 2.20. The molecule has 0 saturated carbocycles. The first-order valence-electron chi connectivity index (χ1n) is 5.90. The number of sulfone groups is 1. The number of hydrogen-bond donors (Lipinski definition) is 1. The molecule has 1 atom stereocenters. The first-order valence-corrected chi connectivity index (χ1v) is 8.94. The maximum atomic E-state index is 11.0. The molecule has 1 heterocycles. The van der Waals surface area contributed by atoms with Crippen LogP contribution in [-0.2, 0) is 9.84 Å². The molecule has 18 heavy (non-hydrogen) atoms. The van der Waals surface area contributed by atoms with Gasteiger partial charge in [-0.1, -0.05) is 6.92 Å². The average Bonchev–Trinajstić information content (AvgIpc) is 2.31. The Bertz CT molecular complexity index is 453. The van der Waals surface area contributed by atoms with Crippen molar-refractivity contribution in [3.05, 3.63) is 24.0 Å². The molecule has 102 valence electrons. The number of thioether (sulfide) groups is 1. The van der Waals surface area contributed by atoms with Crippen LogP contribution in [0.4, 0.5) is 0 Å². The number of nitrogens with one attached hydrogen (secondary N) is 1. The van der Waals surface area contributed by atoms with Gasteiger partial charge in [0.2, 0.25) is 0 Å². The molecule has 1 aromatic rings. The third kappa shape index (κ3) is 5.37. The molecule has 1 N–H and O–H groups in total. The van der Waals surface area contributed by atoms with Crippen LogP contribution in [0.3, 0.4) is 0 Å². The summed E-state index contributed by atoms with van der Waals surface area (Å²) >= 11 is 1.52. The van der Waals surface area contributed by atoms with E-state index in [0.717, 1.165) is 17.0 Å². The molecule has 1 rings (SSSR count). The van der Waals surface area contributed by atoms with Crippen molar-refractivity contribution in [1.29, 1.82) is 0 Å². The number of nitrogens with zero attached hydrogens (tertiary/aromatic N) is 1. The quantitative estimate of drug-likeness (QED) is 0.776. The molecule has 0 bridgehead atoms. The molecule has 4 nitrogen and oxygen atoms in total. The van der Waals surface area contributed by atoms with Gasteiger partial charge in [-0.05, 0) is 25.6 Å². The third-order valence-corrected chi connectivity index (χ3v) is 4.78. The first-order chi connectivity index (χ1) is 8.46. The summed E-state index contributed by atoms with van der Waals surface area (Å²) in [5, 5.41) is 3.20. The molecule has 0 spiro atoms. The summed E-state index contributed by atoms with van der Waals surface area (Å²) in [5.74, 6) is 0.774. The summed E-state index contributed by atoms with van der Waals surface area (Å²) in [6.07, 6.45) is 4.06. The Morgan fingerprint density at radius 1 is 1.44 bits per heavy atom. The van der Waals surface area contributed by atoms with E-state index in [4.69, 9.17) is 0 Å². The minimum atomic E-state index is -2.88. The number of hydrogen-bond acceptors (Lipinski definition) is 5. The molecule has 0 aliphatic rings. The Morgan fingerprint density at radius 2 is 2.17 bits per heavy atom. The van der Waals surface area contributed by atoms with Crippen LogP contribution in [0.2, 0.25) is 0 Å². The lowest BCUT2D eigenvalue weighted by Crippen LogP contribution is -2.16. The van der Waals surface area contributed by atoms with E-state index in [1.807, 2.05) is 25.4 Å². The maximum absolute atomic E-state index is 11.0. The Labute approximate surface area is 114 Å². The molecule has 1 unspecified atom stereocenters. The van der Waals surface area contributed by atoms with Crippen molar-refractivity contribution in [3.8, 4) is 0 Å². The minimum absolute atomic E-state index is 0.202. The van der Waals surface area contributed by atoms with Crippen molar-refractivity contribution in [1.82, 2.24) is 10.3 Å². The second kappa shape index (κ2) is 7.11. The Balaban J connectivity index is 2.55. The molecule has 0 saturated heterocycles. The summed E-state index contributed by atoms with van der Waals surface area (Å²) < 4.78 is 22.0. The summed E-state index contributed by atoms with van der Waals surface area (Å²) in [6.45, 7) is 2.11. The summed E-state index contributed by atoms with van der Waals surface area (Å²) in [7, 11) is -0.954. The van der Waals surface area contributed by atoms with Crippen molar-refractivity contribution < 1.29 is 8.42 Å². The molecule has 0 amide bonds. The Kier molecular flexibility index (Phi) is 6.11. The fraction of sp³-hybridized carbons (Fsp3) is 0.583. The van der Waals surface area contributed by atoms with Gasteiger partial charge in [0.1, 0.15) is 9.84 Å². The zero-order valence-corrected chi connectivity index (χ0v) is 12.6. The molecule has 0 radical (unpaired) electrons. The fourth-order valence-corrected chi connectivity index (χ4v) is 3.63. The standard InChI is InChI=1S/C12H20N2O2S2/c1-4-11(13-2)12-6-5-10(9-14-12)17-7-8-18(3,15)16/h5-6,9,11,13H,4,7-8H2,1-3H3. The molecular formula is C12H20N2O2S2. The van der Waals surface area contributed by atoms with E-state index in [2.05, 4.69) is 17.2 Å². The smallest absolute Gasteiger partial charge is 0.148 e. The van der Waals surface area contributed by atoms with Crippen molar-refractivity contribution in [3.63, 3.8) is 0 Å². The largest absolute Gasteiger partial charge is 0.312 e. The monoisotopic (exact) mass is 288 g/mol. The number of aromatic nitrogens is 1. The SMILES string of the molecule is CCC(NC)c1ccc(SCCS(C)(=O)=O)cn1. The van der Waals surface area contributed by atoms with Crippen LogP contribution in [0.5, 0.6) is 0 Å². The van der Waals surface area contributed by atoms with Gasteiger partial charge in [-0.15, -0.1) is 11.8 Å². The van der Waals surface area contributed by atoms with E-state index in [1.165, 1.54) is 18.0 Å². The van der Waals surface area contributed by atoms with Gasteiger partial charge in [-0.2, -0.15) is 0 Å². The Hall–Kier alpha value is -0.590. The second-order valence-corrected chi connectivity index (χ2v) is 7.57. The number of pyridine rings is 1. The van der Waals surface area contributed by atoms with Gasteiger partial charge in [0.15, 0.2) is 0 Å². The van der Waals surface area contributed by atoms with Crippen LogP contribution in [0.25, 0.3) is 0 Å². The Morgan fingerprint density at radius 3 is 2.61 bits per heavy atom. The van der Waals surface area contributed by atoms with Crippen LogP contribution in [0, 0.1) is 0 Å². The second-order valence-electron chi connectivity index (χ2n) is 4.15. The number of rotatable bonds is 7. The molecular weight excluding hydrogens is 268 g/mol. The summed E-state index contributed by atoms with van der Waals surface area (Å²) in [4.78, 5) is 5.41. The van der Waals surface area contributed by atoms with Crippen molar-refractivity contribution >= 4 is 21.6 Å². The van der Waals surface area contributed by atoms with E-state index in [1.54, 1.807) is 0 Å². The van der Waals surface area contributed by atoms with Crippen LogP contribution in [0.1, 0.15) is 25.1 Å². The lowest BCUT2D eigenvalue weighted by molar-refractivity contribution is 0.561. The zero-order chi connectivity index (χ0) is 13.6. The van der Waals surface area contributed by atoms with Gasteiger partial charge in [0, 0.05) is 29.1 Å². The van der Waals surface area contributed by atoms with Crippen molar-refractivity contribution in [2.24, 2.45) is 0 Å². The van der Waals surface area contributed by atoms with Gasteiger partial charge in [0.25, 0.3) is 0 Å². The molecule has 0 aliphatic carbocycles. The minimum Gasteiger partial charge on any atom is -0.312 e. The third-order valence-electron chi connectivity index (χ3n) is 2.60. The lowest BCUT2D eigenvalue weighted by atomic mass is 10.1. The van der Waals surface area contributed by atoms with E-state index in [-0.39, 0.29) is 11.8 Å². The van der Waals surface area contributed by atoms with E-state index < -0.39 is 9.84 Å². The van der Waals surface area contributed by atoms with Crippen LogP contribution < -0.4 is 5.32 Å². The highest BCUT2D eigenvalue weighted by molar-refractivity contribution is 8.00. The van der Waals surface area contributed by atoms with Gasteiger partial charge in [-0.25, -0.2) is 8.42 Å². The topological polar surface area (TPSA) is 59.1 Å². The molecule has 0 fully saturated rings. The fourth-order valence-electron chi connectivity index (χ4n) is 1.56. The molecule has 1 aromatic heterocycles. The van der Waals surface area contributed by atoms with E-state index in [0.29, 0.717) is 5.75 Å². The normalized spacial score (nSPS) is 13.5. The highest BCUT2D eigenvalue weighted by Gasteiger charge is 2.08. The average molecular weight is 288 g/mol.